The van der Waals surface area contributed by atoms with E-state index in [-0.39, 0.29) is 11.3 Å². The second kappa shape index (κ2) is 7.44. The molecule has 1 aliphatic rings. The molecule has 1 aliphatic heterocycles. The summed E-state index contributed by atoms with van der Waals surface area (Å²) in [6.07, 6.45) is 6.18. The third-order valence-electron chi connectivity index (χ3n) is 4.53. The number of aryl methyl sites for hydroxylation is 1. The van der Waals surface area contributed by atoms with Gasteiger partial charge in [0.2, 0.25) is 5.91 Å². The van der Waals surface area contributed by atoms with E-state index in [1.165, 1.54) is 5.56 Å². The Balaban J connectivity index is 2.29. The lowest BCUT2D eigenvalue weighted by molar-refractivity contribution is -0.119. The third kappa shape index (κ3) is 3.68. The first-order valence-electron chi connectivity index (χ1n) is 8.10. The van der Waals surface area contributed by atoms with Crippen molar-refractivity contribution in [1.82, 2.24) is 0 Å². The van der Waals surface area contributed by atoms with Crippen LogP contribution in [0, 0.1) is 5.41 Å². The molecular weight excluding hydrogens is 326 g/mol. The van der Waals surface area contributed by atoms with E-state index >= 15 is 0 Å². The van der Waals surface area contributed by atoms with Gasteiger partial charge in [-0.25, -0.2) is 0 Å². The molecule has 21 heavy (non-hydrogen) atoms. The van der Waals surface area contributed by atoms with Gasteiger partial charge in [-0.1, -0.05) is 60.8 Å². The fraction of sp³-hybridized carbons (Fsp3) is 0.611. The summed E-state index contributed by atoms with van der Waals surface area (Å²) in [7, 11) is 0. The Morgan fingerprint density at radius 3 is 2.43 bits per heavy atom. The van der Waals surface area contributed by atoms with Crippen molar-refractivity contribution in [3.05, 3.63) is 29.8 Å². The van der Waals surface area contributed by atoms with Crippen LogP contribution in [0.4, 0.5) is 5.69 Å². The largest absolute Gasteiger partial charge is 0.312 e. The Morgan fingerprint density at radius 1 is 1.14 bits per heavy atom. The van der Waals surface area contributed by atoms with E-state index in [0.717, 1.165) is 49.7 Å². The number of rotatable bonds is 7. The molecule has 0 aromatic heterocycles. The first kappa shape index (κ1) is 16.5. The van der Waals surface area contributed by atoms with Crippen LogP contribution in [0.5, 0.6) is 0 Å². The number of hydrogen-bond donors (Lipinski definition) is 0. The summed E-state index contributed by atoms with van der Waals surface area (Å²) in [5.74, 6) is 0.284. The molecule has 3 heteroatoms. The minimum absolute atomic E-state index is 0.198. The number of fused-ring (bicyclic) bond motifs is 1. The average molecular weight is 352 g/mol. The number of nitrogens with zero attached hydrogens (tertiary/aromatic N) is 1. The molecule has 0 fully saturated rings. The molecule has 0 spiro atoms. The summed E-state index contributed by atoms with van der Waals surface area (Å²) in [6, 6.07) is 8.37. The fourth-order valence-corrected chi connectivity index (χ4v) is 4.26. The van der Waals surface area contributed by atoms with Gasteiger partial charge in [0, 0.05) is 24.0 Å². The van der Waals surface area contributed by atoms with Crippen molar-refractivity contribution in [2.45, 2.75) is 52.4 Å². The van der Waals surface area contributed by atoms with Gasteiger partial charge in [-0.05, 0) is 36.3 Å². The Hall–Kier alpha value is -0.830. The van der Waals surface area contributed by atoms with Crippen LogP contribution in [0.25, 0.3) is 0 Å². The number of halogens is 1. The monoisotopic (exact) mass is 351 g/mol. The van der Waals surface area contributed by atoms with Crippen LogP contribution in [0.1, 0.15) is 51.5 Å². The van der Waals surface area contributed by atoms with Gasteiger partial charge >= 0.3 is 0 Å². The summed E-state index contributed by atoms with van der Waals surface area (Å²) in [5, 5.41) is 0.966. The van der Waals surface area contributed by atoms with Gasteiger partial charge in [-0.3, -0.25) is 4.79 Å². The maximum absolute atomic E-state index is 12.5. The minimum Gasteiger partial charge on any atom is -0.312 e. The molecular formula is C18H26BrNO. The van der Waals surface area contributed by atoms with E-state index in [1.807, 2.05) is 11.0 Å². The highest BCUT2D eigenvalue weighted by molar-refractivity contribution is 9.09. The number of alkyl halides is 1. The summed E-state index contributed by atoms with van der Waals surface area (Å²) in [4.78, 5) is 14.5. The molecule has 1 amide bonds. The molecule has 0 saturated heterocycles. The third-order valence-corrected chi connectivity index (χ3v) is 5.72. The average Bonchev–Trinajstić information content (AvgIpc) is 2.50. The normalized spacial score (nSPS) is 15.2. The van der Waals surface area contributed by atoms with E-state index in [2.05, 4.69) is 48.0 Å². The van der Waals surface area contributed by atoms with E-state index in [1.54, 1.807) is 0 Å². The molecule has 2 rings (SSSR count). The number of carbonyl (C=O) groups excluding carboxylic acids is 1. The highest BCUT2D eigenvalue weighted by Crippen LogP contribution is 2.37. The standard InChI is InChI=1S/C18H26BrNO/c1-3-11-18(13-19,12-4-2)14-20-16-8-6-5-7-15(16)9-10-17(20)21/h5-8H,3-4,9-14H2,1-2H3. The van der Waals surface area contributed by atoms with Crippen LogP contribution in [0.15, 0.2) is 24.3 Å². The Kier molecular flexibility index (Phi) is 5.86. The number of carbonyl (C=O) groups is 1. The first-order valence-corrected chi connectivity index (χ1v) is 9.22. The van der Waals surface area contributed by atoms with Crippen LogP contribution >= 0.6 is 15.9 Å². The molecule has 0 N–H and O–H groups in total. The van der Waals surface area contributed by atoms with Gasteiger partial charge in [-0.15, -0.1) is 0 Å². The molecule has 0 saturated carbocycles. The lowest BCUT2D eigenvalue weighted by Crippen LogP contribution is -2.44. The summed E-state index contributed by atoms with van der Waals surface area (Å²) < 4.78 is 0. The lowest BCUT2D eigenvalue weighted by Gasteiger charge is -2.39. The van der Waals surface area contributed by atoms with Gasteiger partial charge in [-0.2, -0.15) is 0 Å². The van der Waals surface area contributed by atoms with Crippen molar-refractivity contribution in [3.8, 4) is 0 Å². The first-order chi connectivity index (χ1) is 10.2. The maximum atomic E-state index is 12.5. The van der Waals surface area contributed by atoms with Crippen LogP contribution in [0.2, 0.25) is 0 Å². The number of benzene rings is 1. The van der Waals surface area contributed by atoms with E-state index < -0.39 is 0 Å². The zero-order valence-electron chi connectivity index (χ0n) is 13.2. The van der Waals surface area contributed by atoms with E-state index in [9.17, 15) is 4.79 Å². The quantitative estimate of drug-likeness (QED) is 0.636. The van der Waals surface area contributed by atoms with Gasteiger partial charge in [0.25, 0.3) is 0 Å². The second-order valence-electron chi connectivity index (χ2n) is 6.24. The van der Waals surface area contributed by atoms with E-state index in [0.29, 0.717) is 6.42 Å². The van der Waals surface area contributed by atoms with Gasteiger partial charge in [0.15, 0.2) is 0 Å². The molecule has 0 bridgehead atoms. The van der Waals surface area contributed by atoms with Crippen molar-refractivity contribution in [1.29, 1.82) is 0 Å². The Bertz CT molecular complexity index is 480. The number of hydrogen-bond acceptors (Lipinski definition) is 1. The topological polar surface area (TPSA) is 20.3 Å². The fourth-order valence-electron chi connectivity index (χ4n) is 3.52. The van der Waals surface area contributed by atoms with Crippen molar-refractivity contribution < 1.29 is 4.79 Å². The minimum atomic E-state index is 0.198. The second-order valence-corrected chi connectivity index (χ2v) is 6.80. The van der Waals surface area contributed by atoms with Crippen molar-refractivity contribution >= 4 is 27.5 Å². The van der Waals surface area contributed by atoms with Crippen LogP contribution < -0.4 is 4.90 Å². The Morgan fingerprint density at radius 2 is 1.81 bits per heavy atom. The van der Waals surface area contributed by atoms with Crippen molar-refractivity contribution in [2.75, 3.05) is 16.8 Å². The molecule has 0 unspecified atom stereocenters. The summed E-state index contributed by atoms with van der Waals surface area (Å²) in [5.41, 5.74) is 2.64. The van der Waals surface area contributed by atoms with Crippen LogP contribution in [0.3, 0.4) is 0 Å². The van der Waals surface area contributed by atoms with E-state index in [4.69, 9.17) is 0 Å². The molecule has 2 nitrogen and oxygen atoms in total. The number of anilines is 1. The van der Waals surface area contributed by atoms with Gasteiger partial charge in [0.1, 0.15) is 0 Å². The number of para-hydroxylation sites is 1. The van der Waals surface area contributed by atoms with Crippen LogP contribution in [-0.2, 0) is 11.2 Å². The molecule has 0 aliphatic carbocycles. The molecule has 0 atom stereocenters. The molecule has 1 aromatic carbocycles. The SMILES string of the molecule is CCCC(CBr)(CCC)CN1C(=O)CCc2ccccc21. The highest BCUT2D eigenvalue weighted by Gasteiger charge is 2.34. The van der Waals surface area contributed by atoms with Crippen LogP contribution in [-0.4, -0.2) is 17.8 Å². The Labute approximate surface area is 137 Å². The smallest absolute Gasteiger partial charge is 0.227 e. The zero-order valence-corrected chi connectivity index (χ0v) is 14.8. The van der Waals surface area contributed by atoms with Gasteiger partial charge < -0.3 is 4.90 Å². The predicted molar refractivity (Wildman–Crippen MR) is 93.2 cm³/mol. The zero-order chi connectivity index (χ0) is 15.3. The lowest BCUT2D eigenvalue weighted by atomic mass is 9.80. The molecule has 1 heterocycles. The van der Waals surface area contributed by atoms with Crippen molar-refractivity contribution in [2.24, 2.45) is 5.41 Å². The predicted octanol–water partition coefficient (Wildman–Crippen LogP) is 4.95. The highest BCUT2D eigenvalue weighted by atomic mass is 79.9. The summed E-state index contributed by atoms with van der Waals surface area (Å²) >= 11 is 3.72. The van der Waals surface area contributed by atoms with Gasteiger partial charge in [0.05, 0.1) is 0 Å². The molecule has 116 valence electrons. The molecule has 1 aromatic rings. The maximum Gasteiger partial charge on any atom is 0.227 e. The molecule has 0 radical (unpaired) electrons. The van der Waals surface area contributed by atoms with Crippen molar-refractivity contribution in [3.63, 3.8) is 0 Å². The summed E-state index contributed by atoms with van der Waals surface area (Å²) in [6.45, 7) is 5.31. The number of amides is 1.